The van der Waals surface area contributed by atoms with Crippen LogP contribution in [0.5, 0.6) is 0 Å². The molecule has 1 N–H and O–H groups in total. The Balaban J connectivity index is 1.91. The Morgan fingerprint density at radius 3 is 2.56 bits per heavy atom. The van der Waals surface area contributed by atoms with Gasteiger partial charge < -0.3 is 5.32 Å². The summed E-state index contributed by atoms with van der Waals surface area (Å²) in [6, 6.07) is 6.29. The topological polar surface area (TPSA) is 42.7 Å². The molecule has 1 aliphatic rings. The fourth-order valence-electron chi connectivity index (χ4n) is 3.32. The maximum Gasteiger partial charge on any atom is 0.416 e. The van der Waals surface area contributed by atoms with Crippen molar-refractivity contribution in [2.75, 3.05) is 0 Å². The number of alkyl halides is 3. The van der Waals surface area contributed by atoms with Crippen LogP contribution in [0.2, 0.25) is 0 Å². The monoisotopic (exact) mass is 376 g/mol. The average molecular weight is 376 g/mol. The first-order chi connectivity index (χ1) is 12.8. The van der Waals surface area contributed by atoms with Crippen LogP contribution >= 0.6 is 0 Å². The Kier molecular flexibility index (Phi) is 4.22. The summed E-state index contributed by atoms with van der Waals surface area (Å²) in [5.41, 5.74) is 1.72. The number of fused-ring (bicyclic) bond motifs is 1. The van der Waals surface area contributed by atoms with Gasteiger partial charge in [-0.1, -0.05) is 0 Å². The van der Waals surface area contributed by atoms with Crippen LogP contribution in [0.3, 0.4) is 0 Å². The quantitative estimate of drug-likeness (QED) is 0.680. The van der Waals surface area contributed by atoms with E-state index in [2.05, 4.69) is 15.4 Å². The zero-order chi connectivity index (χ0) is 19.2. The molecule has 3 aromatic rings. The lowest BCUT2D eigenvalue weighted by atomic mass is 9.98. The van der Waals surface area contributed by atoms with Gasteiger partial charge in [-0.2, -0.15) is 18.3 Å². The Hall–Kier alpha value is -2.74. The Morgan fingerprint density at radius 2 is 1.89 bits per heavy atom. The molecule has 0 fully saturated rings. The number of hydrogen-bond donors (Lipinski definition) is 1. The van der Waals surface area contributed by atoms with E-state index in [0.29, 0.717) is 30.4 Å². The first-order valence-electron chi connectivity index (χ1n) is 8.45. The third-order valence-electron chi connectivity index (χ3n) is 4.64. The lowest BCUT2D eigenvalue weighted by molar-refractivity contribution is -0.137. The van der Waals surface area contributed by atoms with E-state index in [9.17, 15) is 17.6 Å². The first-order valence-corrected chi connectivity index (χ1v) is 8.45. The summed E-state index contributed by atoms with van der Waals surface area (Å²) in [6.45, 7) is 3.14. The number of nitrogens with one attached hydrogen (secondary N) is 1. The van der Waals surface area contributed by atoms with Crippen molar-refractivity contribution in [2.45, 2.75) is 32.2 Å². The summed E-state index contributed by atoms with van der Waals surface area (Å²) < 4.78 is 55.0. The van der Waals surface area contributed by atoms with Gasteiger partial charge in [0.25, 0.3) is 0 Å². The standard InChI is InChI=1S/C19H16F4N4/c1-11-10-27-16(9-25-11)17(12-4-6-24-7-5-12)18(26-27)14-3-2-13(8-15(14)20)19(21,22)23/h2-8,11,25H,9-10H2,1H3/t11-/m0/s1. The molecule has 8 heteroatoms. The second kappa shape index (κ2) is 6.45. The highest BCUT2D eigenvalue weighted by atomic mass is 19.4. The van der Waals surface area contributed by atoms with Gasteiger partial charge in [0, 0.05) is 36.1 Å². The van der Waals surface area contributed by atoms with E-state index in [0.717, 1.165) is 23.4 Å². The highest BCUT2D eigenvalue weighted by molar-refractivity contribution is 5.83. The maximum atomic E-state index is 14.6. The lowest BCUT2D eigenvalue weighted by Gasteiger charge is -2.22. The molecule has 0 spiro atoms. The van der Waals surface area contributed by atoms with E-state index in [-0.39, 0.29) is 11.6 Å². The normalized spacial score (nSPS) is 17.0. The summed E-state index contributed by atoms with van der Waals surface area (Å²) >= 11 is 0. The number of rotatable bonds is 2. The molecular weight excluding hydrogens is 360 g/mol. The van der Waals surface area contributed by atoms with Gasteiger partial charge in [-0.3, -0.25) is 9.67 Å². The predicted molar refractivity (Wildman–Crippen MR) is 92.2 cm³/mol. The van der Waals surface area contributed by atoms with Gasteiger partial charge >= 0.3 is 6.18 Å². The van der Waals surface area contributed by atoms with Crippen LogP contribution in [0.15, 0.2) is 42.7 Å². The second-order valence-corrected chi connectivity index (χ2v) is 6.56. The molecule has 3 heterocycles. The summed E-state index contributed by atoms with van der Waals surface area (Å²) in [5.74, 6) is -0.948. The highest BCUT2D eigenvalue weighted by Gasteiger charge is 2.32. The van der Waals surface area contributed by atoms with Crippen molar-refractivity contribution in [2.24, 2.45) is 0 Å². The van der Waals surface area contributed by atoms with Gasteiger partial charge in [0.1, 0.15) is 11.5 Å². The fraction of sp³-hybridized carbons (Fsp3) is 0.263. The van der Waals surface area contributed by atoms with E-state index >= 15 is 0 Å². The van der Waals surface area contributed by atoms with Crippen LogP contribution < -0.4 is 5.32 Å². The van der Waals surface area contributed by atoms with Gasteiger partial charge in [-0.25, -0.2) is 4.39 Å². The molecule has 4 nitrogen and oxygen atoms in total. The molecule has 1 atom stereocenters. The molecule has 0 radical (unpaired) electrons. The Bertz CT molecular complexity index is 979. The molecule has 27 heavy (non-hydrogen) atoms. The third kappa shape index (κ3) is 3.21. The zero-order valence-corrected chi connectivity index (χ0v) is 14.4. The number of pyridine rings is 1. The minimum atomic E-state index is -4.60. The first kappa shape index (κ1) is 17.7. The number of hydrogen-bond acceptors (Lipinski definition) is 3. The molecule has 0 amide bonds. The van der Waals surface area contributed by atoms with Crippen LogP contribution in [-0.2, 0) is 19.3 Å². The molecule has 0 bridgehead atoms. The van der Waals surface area contributed by atoms with Crippen molar-refractivity contribution in [3.05, 3.63) is 59.8 Å². The molecule has 0 saturated carbocycles. The van der Waals surface area contributed by atoms with Crippen LogP contribution in [0, 0.1) is 5.82 Å². The van der Waals surface area contributed by atoms with Gasteiger partial charge in [-0.15, -0.1) is 0 Å². The maximum absolute atomic E-state index is 14.6. The molecule has 0 saturated heterocycles. The van der Waals surface area contributed by atoms with Crippen LogP contribution in [0.4, 0.5) is 17.6 Å². The zero-order valence-electron chi connectivity index (χ0n) is 14.4. The Labute approximate surface area is 152 Å². The number of benzene rings is 1. The van der Waals surface area contributed by atoms with E-state index in [1.54, 1.807) is 29.2 Å². The van der Waals surface area contributed by atoms with Gasteiger partial charge in [0.15, 0.2) is 0 Å². The minimum absolute atomic E-state index is 0.0457. The van der Waals surface area contributed by atoms with Gasteiger partial charge in [0.2, 0.25) is 0 Å². The van der Waals surface area contributed by atoms with E-state index in [4.69, 9.17) is 0 Å². The average Bonchev–Trinajstić information content (AvgIpc) is 2.99. The molecule has 0 aliphatic carbocycles. The fourth-order valence-corrected chi connectivity index (χ4v) is 3.32. The molecule has 1 aromatic carbocycles. The van der Waals surface area contributed by atoms with Crippen LogP contribution in [0.25, 0.3) is 22.4 Å². The highest BCUT2D eigenvalue weighted by Crippen LogP contribution is 2.38. The molecule has 140 valence electrons. The van der Waals surface area contributed by atoms with E-state index in [1.165, 1.54) is 0 Å². The van der Waals surface area contributed by atoms with Crippen molar-refractivity contribution >= 4 is 0 Å². The lowest BCUT2D eigenvalue weighted by Crippen LogP contribution is -2.36. The SMILES string of the molecule is C[C@H]1Cn2nc(-c3ccc(C(F)(F)F)cc3F)c(-c3ccncc3)c2CN1. The van der Waals surface area contributed by atoms with Crippen LogP contribution in [-0.4, -0.2) is 20.8 Å². The van der Waals surface area contributed by atoms with Crippen molar-refractivity contribution in [1.29, 1.82) is 0 Å². The van der Waals surface area contributed by atoms with Crippen molar-refractivity contribution in [1.82, 2.24) is 20.1 Å². The number of aromatic nitrogens is 3. The summed E-state index contributed by atoms with van der Waals surface area (Å²) in [6.07, 6.45) is -1.36. The van der Waals surface area contributed by atoms with Crippen molar-refractivity contribution in [3.8, 4) is 22.4 Å². The number of halogens is 4. The summed E-state index contributed by atoms with van der Waals surface area (Å²) in [5, 5.41) is 7.87. The van der Waals surface area contributed by atoms with E-state index in [1.807, 2.05) is 6.92 Å². The third-order valence-corrected chi connectivity index (χ3v) is 4.64. The molecule has 1 aliphatic heterocycles. The predicted octanol–water partition coefficient (Wildman–Crippen LogP) is 4.26. The Morgan fingerprint density at radius 1 is 1.15 bits per heavy atom. The number of nitrogens with zero attached hydrogens (tertiary/aromatic N) is 3. The molecule has 0 unspecified atom stereocenters. The van der Waals surface area contributed by atoms with Crippen molar-refractivity contribution < 1.29 is 17.6 Å². The molecular formula is C19H16F4N4. The molecule has 4 rings (SSSR count). The van der Waals surface area contributed by atoms with Gasteiger partial charge in [-0.05, 0) is 42.8 Å². The summed E-state index contributed by atoms with van der Waals surface area (Å²) in [4.78, 5) is 4.00. The minimum Gasteiger partial charge on any atom is -0.307 e. The summed E-state index contributed by atoms with van der Waals surface area (Å²) in [7, 11) is 0. The van der Waals surface area contributed by atoms with Crippen molar-refractivity contribution in [3.63, 3.8) is 0 Å². The largest absolute Gasteiger partial charge is 0.416 e. The molecule has 2 aromatic heterocycles. The van der Waals surface area contributed by atoms with E-state index < -0.39 is 17.6 Å². The smallest absolute Gasteiger partial charge is 0.307 e. The van der Waals surface area contributed by atoms with Gasteiger partial charge in [0.05, 0.1) is 17.8 Å². The van der Waals surface area contributed by atoms with Crippen LogP contribution in [0.1, 0.15) is 18.2 Å². The second-order valence-electron chi connectivity index (χ2n) is 6.56.